The molecule has 162 valence electrons. The van der Waals surface area contributed by atoms with Gasteiger partial charge < -0.3 is 19.3 Å². The number of para-hydroxylation sites is 1. The standard InChI is InChI=1S/C24H27N3O4/c1-3-24(15-27(16-29)13-14-28)12-11-17-18(8-6-9-20(17)24)22-25-23(31-26-22)19-7-4-5-10-21(19)30-2/h4-10,16,28H,3,11-15H2,1-2H3. The Morgan fingerprint density at radius 2 is 2.03 bits per heavy atom. The second-order valence-corrected chi connectivity index (χ2v) is 7.89. The fraction of sp³-hybridized carbons (Fsp3) is 0.375. The van der Waals surface area contributed by atoms with Crippen molar-refractivity contribution in [1.29, 1.82) is 0 Å². The van der Waals surface area contributed by atoms with E-state index in [1.165, 1.54) is 11.1 Å². The van der Waals surface area contributed by atoms with E-state index in [0.717, 1.165) is 36.8 Å². The Morgan fingerprint density at radius 1 is 1.23 bits per heavy atom. The van der Waals surface area contributed by atoms with Gasteiger partial charge in [0.15, 0.2) is 0 Å². The lowest BCUT2D eigenvalue weighted by Crippen LogP contribution is -2.40. The van der Waals surface area contributed by atoms with Crippen molar-refractivity contribution < 1.29 is 19.2 Å². The quantitative estimate of drug-likeness (QED) is 0.533. The summed E-state index contributed by atoms with van der Waals surface area (Å²) in [6, 6.07) is 13.7. The van der Waals surface area contributed by atoms with Crippen LogP contribution >= 0.6 is 0 Å². The molecular weight excluding hydrogens is 394 g/mol. The summed E-state index contributed by atoms with van der Waals surface area (Å²) in [5.41, 5.74) is 3.99. The molecule has 0 radical (unpaired) electrons. The van der Waals surface area contributed by atoms with Gasteiger partial charge in [-0.3, -0.25) is 4.79 Å². The Kier molecular flexibility index (Phi) is 6.04. The minimum absolute atomic E-state index is 0.0417. The lowest BCUT2D eigenvalue weighted by atomic mass is 9.78. The van der Waals surface area contributed by atoms with Gasteiger partial charge in [-0.15, -0.1) is 0 Å². The molecule has 2 aromatic carbocycles. The molecule has 1 aliphatic rings. The number of fused-ring (bicyclic) bond motifs is 1. The highest BCUT2D eigenvalue weighted by molar-refractivity contribution is 5.68. The van der Waals surface area contributed by atoms with Crippen molar-refractivity contribution in [3.05, 3.63) is 53.6 Å². The normalized spacial score (nSPS) is 17.4. The monoisotopic (exact) mass is 421 g/mol. The van der Waals surface area contributed by atoms with Crippen molar-refractivity contribution >= 4 is 6.41 Å². The number of methoxy groups -OCH3 is 1. The van der Waals surface area contributed by atoms with Crippen molar-refractivity contribution in [3.63, 3.8) is 0 Å². The number of aromatic nitrogens is 2. The van der Waals surface area contributed by atoms with Gasteiger partial charge in [-0.05, 0) is 42.5 Å². The van der Waals surface area contributed by atoms with E-state index < -0.39 is 0 Å². The number of hydrogen-bond donors (Lipinski definition) is 1. The van der Waals surface area contributed by atoms with E-state index in [4.69, 9.17) is 9.26 Å². The van der Waals surface area contributed by atoms with Crippen molar-refractivity contribution in [1.82, 2.24) is 15.0 Å². The van der Waals surface area contributed by atoms with E-state index in [-0.39, 0.29) is 12.0 Å². The molecule has 1 amide bonds. The molecule has 0 aliphatic heterocycles. The molecule has 3 aromatic rings. The van der Waals surface area contributed by atoms with Crippen LogP contribution in [0.3, 0.4) is 0 Å². The first-order valence-electron chi connectivity index (χ1n) is 10.6. The maximum Gasteiger partial charge on any atom is 0.262 e. The summed E-state index contributed by atoms with van der Waals surface area (Å²) in [7, 11) is 1.62. The molecule has 0 fully saturated rings. The molecule has 7 nitrogen and oxygen atoms in total. The fourth-order valence-electron chi connectivity index (χ4n) is 4.65. The summed E-state index contributed by atoms with van der Waals surface area (Å²) in [6.07, 6.45) is 3.54. The van der Waals surface area contributed by atoms with Crippen LogP contribution in [0.25, 0.3) is 22.8 Å². The predicted molar refractivity (Wildman–Crippen MR) is 117 cm³/mol. The minimum atomic E-state index is -0.142. The van der Waals surface area contributed by atoms with Crippen LogP contribution in [-0.2, 0) is 16.6 Å². The highest BCUT2D eigenvalue weighted by Gasteiger charge is 2.40. The first-order chi connectivity index (χ1) is 15.2. The molecule has 1 unspecified atom stereocenters. The Hall–Kier alpha value is -3.19. The number of hydrogen-bond acceptors (Lipinski definition) is 6. The zero-order chi connectivity index (χ0) is 21.8. The van der Waals surface area contributed by atoms with Gasteiger partial charge in [0, 0.05) is 24.1 Å². The maximum atomic E-state index is 11.5. The predicted octanol–water partition coefficient (Wildman–Crippen LogP) is 3.46. The molecule has 31 heavy (non-hydrogen) atoms. The molecule has 0 bridgehead atoms. The largest absolute Gasteiger partial charge is 0.496 e. The van der Waals surface area contributed by atoms with Gasteiger partial charge in [0.05, 0.1) is 19.3 Å². The second-order valence-electron chi connectivity index (χ2n) is 7.89. The highest BCUT2D eigenvalue weighted by Crippen LogP contribution is 2.45. The van der Waals surface area contributed by atoms with E-state index in [1.54, 1.807) is 12.0 Å². The number of amides is 1. The molecule has 1 aromatic heterocycles. The molecule has 0 saturated carbocycles. The number of aliphatic hydroxyl groups is 1. The zero-order valence-corrected chi connectivity index (χ0v) is 17.9. The van der Waals surface area contributed by atoms with Gasteiger partial charge in [0.1, 0.15) is 5.75 Å². The van der Waals surface area contributed by atoms with Crippen LogP contribution in [0.5, 0.6) is 5.75 Å². The van der Waals surface area contributed by atoms with Crippen LogP contribution in [0.1, 0.15) is 30.9 Å². The molecule has 1 heterocycles. The van der Waals surface area contributed by atoms with Gasteiger partial charge in [-0.2, -0.15) is 4.98 Å². The molecule has 1 atom stereocenters. The van der Waals surface area contributed by atoms with Crippen molar-refractivity contribution in [2.24, 2.45) is 0 Å². The first kappa shape index (κ1) is 21.1. The summed E-state index contributed by atoms with van der Waals surface area (Å²) in [5, 5.41) is 13.5. The summed E-state index contributed by atoms with van der Waals surface area (Å²) < 4.78 is 11.0. The van der Waals surface area contributed by atoms with Gasteiger partial charge in [0.25, 0.3) is 5.89 Å². The van der Waals surface area contributed by atoms with Crippen LogP contribution < -0.4 is 4.74 Å². The van der Waals surface area contributed by atoms with E-state index in [1.807, 2.05) is 36.4 Å². The SMILES string of the molecule is CCC1(CN(C=O)CCO)CCc2c(-c3noc(-c4ccccc4OC)n3)cccc21. The lowest BCUT2D eigenvalue weighted by molar-refractivity contribution is -0.119. The third kappa shape index (κ3) is 3.81. The van der Waals surface area contributed by atoms with Gasteiger partial charge in [0.2, 0.25) is 12.2 Å². The van der Waals surface area contributed by atoms with Crippen molar-refractivity contribution in [2.75, 3.05) is 26.8 Å². The maximum absolute atomic E-state index is 11.5. The summed E-state index contributed by atoms with van der Waals surface area (Å²) in [6.45, 7) is 3.04. The summed E-state index contributed by atoms with van der Waals surface area (Å²) in [4.78, 5) is 17.8. The molecule has 4 rings (SSSR count). The topological polar surface area (TPSA) is 88.7 Å². The average Bonchev–Trinajstić information content (AvgIpc) is 3.44. The Bertz CT molecular complexity index is 1060. The van der Waals surface area contributed by atoms with Crippen LogP contribution in [0.4, 0.5) is 0 Å². The number of ether oxygens (including phenoxy) is 1. The molecular formula is C24H27N3O4. The number of nitrogens with zero attached hydrogens (tertiary/aromatic N) is 3. The van der Waals surface area contributed by atoms with E-state index >= 15 is 0 Å². The number of carbonyl (C=O) groups excluding carboxylic acids is 1. The number of aliphatic hydroxyl groups excluding tert-OH is 1. The van der Waals surface area contributed by atoms with E-state index in [9.17, 15) is 9.90 Å². The third-order valence-corrected chi connectivity index (χ3v) is 6.32. The van der Waals surface area contributed by atoms with Crippen LogP contribution in [-0.4, -0.2) is 53.4 Å². The second kappa shape index (κ2) is 8.89. The number of benzene rings is 2. The summed E-state index contributed by atoms with van der Waals surface area (Å²) >= 11 is 0. The fourth-order valence-corrected chi connectivity index (χ4v) is 4.65. The van der Waals surface area contributed by atoms with Gasteiger partial charge >= 0.3 is 0 Å². The molecule has 1 N–H and O–H groups in total. The van der Waals surface area contributed by atoms with E-state index in [2.05, 4.69) is 23.1 Å². The zero-order valence-electron chi connectivity index (χ0n) is 17.9. The van der Waals surface area contributed by atoms with Crippen LogP contribution in [0.2, 0.25) is 0 Å². The first-order valence-corrected chi connectivity index (χ1v) is 10.6. The van der Waals surface area contributed by atoms with Crippen molar-refractivity contribution in [2.45, 2.75) is 31.6 Å². The summed E-state index contributed by atoms with van der Waals surface area (Å²) in [5.74, 6) is 1.64. The third-order valence-electron chi connectivity index (χ3n) is 6.32. The number of rotatable bonds is 9. The van der Waals surface area contributed by atoms with Gasteiger partial charge in [-0.1, -0.05) is 42.4 Å². The Balaban J connectivity index is 1.71. The van der Waals surface area contributed by atoms with Crippen LogP contribution in [0, 0.1) is 0 Å². The highest BCUT2D eigenvalue weighted by atomic mass is 16.5. The van der Waals surface area contributed by atoms with Crippen LogP contribution in [0.15, 0.2) is 47.0 Å². The van der Waals surface area contributed by atoms with E-state index in [0.29, 0.717) is 30.6 Å². The van der Waals surface area contributed by atoms with Crippen molar-refractivity contribution in [3.8, 4) is 28.6 Å². The molecule has 7 heteroatoms. The van der Waals surface area contributed by atoms with Gasteiger partial charge in [-0.25, -0.2) is 0 Å². The Labute approximate surface area is 181 Å². The lowest BCUT2D eigenvalue weighted by Gasteiger charge is -2.34. The molecule has 1 aliphatic carbocycles. The minimum Gasteiger partial charge on any atom is -0.496 e. The average molecular weight is 421 g/mol. The molecule has 0 spiro atoms. The Morgan fingerprint density at radius 3 is 2.77 bits per heavy atom. The molecule has 0 saturated heterocycles. The smallest absolute Gasteiger partial charge is 0.262 e. The number of carbonyl (C=O) groups is 1.